The molecular weight excluding hydrogens is 456 g/mol. The summed E-state index contributed by atoms with van der Waals surface area (Å²) in [7, 11) is 0. The lowest BCUT2D eigenvalue weighted by Gasteiger charge is -2.41. The lowest BCUT2D eigenvalue weighted by atomic mass is 9.81. The molecule has 1 aliphatic carbocycles. The third-order valence-electron chi connectivity index (χ3n) is 6.92. The van der Waals surface area contributed by atoms with Crippen LogP contribution in [0, 0.1) is 28.4 Å². The maximum Gasteiger partial charge on any atom is 0.285 e. The summed E-state index contributed by atoms with van der Waals surface area (Å²) in [5, 5.41) is 16.4. The van der Waals surface area contributed by atoms with E-state index in [4.69, 9.17) is 16.6 Å². The maximum absolute atomic E-state index is 14.3. The summed E-state index contributed by atoms with van der Waals surface area (Å²) < 4.78 is 33.2. The molecule has 0 bridgehead atoms. The van der Waals surface area contributed by atoms with Crippen LogP contribution in [0.25, 0.3) is 0 Å². The molecule has 2 unspecified atom stereocenters. The summed E-state index contributed by atoms with van der Waals surface area (Å²) in [5.74, 6) is -2.69. The Bertz CT molecular complexity index is 1000. The smallest absolute Gasteiger partial charge is 0.285 e. The van der Waals surface area contributed by atoms with Crippen LogP contribution in [0.15, 0.2) is 24.3 Å². The molecule has 2 aliphatic heterocycles. The molecule has 8 nitrogen and oxygen atoms in total. The van der Waals surface area contributed by atoms with Crippen LogP contribution in [0.2, 0.25) is 0 Å². The van der Waals surface area contributed by atoms with Gasteiger partial charge in [-0.25, -0.2) is 8.78 Å². The zero-order chi connectivity index (χ0) is 25.7. The molecule has 2 heterocycles. The van der Waals surface area contributed by atoms with Crippen LogP contribution in [0.3, 0.4) is 0 Å². The number of nitrogens with zero attached hydrogens (tertiary/aromatic N) is 1. The van der Waals surface area contributed by atoms with Gasteiger partial charge in [-0.15, -0.1) is 0 Å². The van der Waals surface area contributed by atoms with Gasteiger partial charge in [0.25, 0.3) is 6.02 Å². The molecule has 4 rings (SSSR count). The summed E-state index contributed by atoms with van der Waals surface area (Å²) in [6.07, 6.45) is 7.01. The third-order valence-corrected chi connectivity index (χ3v) is 6.92. The first-order chi connectivity index (χ1) is 16.6. The minimum atomic E-state index is -0.939. The molecule has 0 spiro atoms. The van der Waals surface area contributed by atoms with E-state index < -0.39 is 35.4 Å². The number of amidine groups is 1. The lowest BCUT2D eigenvalue weighted by molar-refractivity contribution is -0.134. The second kappa shape index (κ2) is 11.4. The van der Waals surface area contributed by atoms with Crippen molar-refractivity contribution in [2.75, 3.05) is 11.4 Å². The summed E-state index contributed by atoms with van der Waals surface area (Å²) in [5.41, 5.74) is 5.90. The van der Waals surface area contributed by atoms with Gasteiger partial charge < -0.3 is 15.4 Å². The zero-order valence-corrected chi connectivity index (χ0v) is 20.0. The number of carbonyl (C=O) groups is 2. The molecule has 5 N–H and O–H groups in total. The number of benzene rings is 1. The van der Waals surface area contributed by atoms with Crippen molar-refractivity contribution in [1.29, 1.82) is 10.8 Å². The van der Waals surface area contributed by atoms with Crippen LogP contribution in [0.4, 0.5) is 14.5 Å². The van der Waals surface area contributed by atoms with Gasteiger partial charge in [0.1, 0.15) is 11.6 Å². The summed E-state index contributed by atoms with van der Waals surface area (Å²) in [4.78, 5) is 24.8. The summed E-state index contributed by atoms with van der Waals surface area (Å²) in [6, 6.07) is 2.38. The van der Waals surface area contributed by atoms with Crippen LogP contribution in [0.5, 0.6) is 0 Å². The molecular formula is C25H33F2N5O3. The molecule has 1 saturated carbocycles. The van der Waals surface area contributed by atoms with E-state index >= 15 is 0 Å². The molecule has 3 fully saturated rings. The molecule has 1 aromatic carbocycles. The van der Waals surface area contributed by atoms with Crippen molar-refractivity contribution < 1.29 is 23.1 Å². The van der Waals surface area contributed by atoms with Gasteiger partial charge in [0.15, 0.2) is 0 Å². The number of rotatable bonds is 6. The fourth-order valence-corrected chi connectivity index (χ4v) is 4.39. The number of imide groups is 1. The number of hydrogen-bond donors (Lipinski definition) is 4. The first kappa shape index (κ1) is 26.3. The van der Waals surface area contributed by atoms with Gasteiger partial charge in [-0.1, -0.05) is 25.8 Å². The second-order valence-electron chi connectivity index (χ2n) is 9.39. The van der Waals surface area contributed by atoms with Gasteiger partial charge in [0.2, 0.25) is 17.7 Å². The summed E-state index contributed by atoms with van der Waals surface area (Å²) in [6.45, 7) is 6.51. The largest absolute Gasteiger partial charge is 0.408 e. The number of halogens is 2. The molecule has 35 heavy (non-hydrogen) atoms. The van der Waals surface area contributed by atoms with Gasteiger partial charge in [-0.05, 0) is 50.7 Å². The van der Waals surface area contributed by atoms with Crippen molar-refractivity contribution in [2.24, 2.45) is 11.7 Å². The minimum absolute atomic E-state index is 0.0724. The molecule has 190 valence electrons. The highest BCUT2D eigenvalue weighted by Gasteiger charge is 2.33. The van der Waals surface area contributed by atoms with Crippen molar-refractivity contribution in [3.8, 4) is 0 Å². The summed E-state index contributed by atoms with van der Waals surface area (Å²) >= 11 is 0. The Morgan fingerprint density at radius 3 is 2.31 bits per heavy atom. The highest BCUT2D eigenvalue weighted by molar-refractivity contribution is 6.01. The normalized spacial score (nSPS) is 21.6. The second-order valence-corrected chi connectivity index (χ2v) is 9.39. The van der Waals surface area contributed by atoms with Gasteiger partial charge >= 0.3 is 0 Å². The van der Waals surface area contributed by atoms with E-state index in [1.165, 1.54) is 31.4 Å². The SMILES string of the molecule is C=C(CCC1CCC1)C(=N)OC(=N)N.CC1CCN1c1cc(F)c(C2CCC(=O)NC2=O)c(F)c1. The number of amides is 2. The van der Waals surface area contributed by atoms with Gasteiger partial charge in [-0.2, -0.15) is 0 Å². The van der Waals surface area contributed by atoms with E-state index in [1.807, 2.05) is 11.8 Å². The standard InChI is InChI=1S/C15H16F2N2O2.C10H17N3O/c1-8-4-5-19(8)9-6-11(16)14(12(17)7-9)10-2-3-13(20)18-15(10)21;1-7(9(11)14-10(12)13)5-6-8-3-2-4-8/h6-8,10H,2-5H2,1H3,(H,18,20,21);8,11H,1-6H2,(H3,12,13). The van der Waals surface area contributed by atoms with E-state index in [1.54, 1.807) is 0 Å². The number of hydrogen-bond acceptors (Lipinski definition) is 6. The number of anilines is 1. The van der Waals surface area contributed by atoms with E-state index in [2.05, 4.69) is 16.6 Å². The Hall–Kier alpha value is -3.30. The lowest BCUT2D eigenvalue weighted by Crippen LogP contribution is -2.46. The van der Waals surface area contributed by atoms with Crippen molar-refractivity contribution in [1.82, 2.24) is 5.32 Å². The molecule has 0 aromatic heterocycles. The predicted octanol–water partition coefficient (Wildman–Crippen LogP) is 4.09. The van der Waals surface area contributed by atoms with Crippen LogP contribution < -0.4 is 16.0 Å². The molecule has 2 atom stereocenters. The van der Waals surface area contributed by atoms with Gasteiger partial charge in [0.05, 0.1) is 5.92 Å². The first-order valence-electron chi connectivity index (χ1n) is 11.9. The molecule has 2 saturated heterocycles. The highest BCUT2D eigenvalue weighted by atomic mass is 19.1. The molecule has 10 heteroatoms. The van der Waals surface area contributed by atoms with Gasteiger partial charge in [-0.3, -0.25) is 25.7 Å². The fraction of sp³-hybridized carbons (Fsp3) is 0.520. The molecule has 2 amide bonds. The number of ether oxygens (including phenoxy) is 1. The quantitative estimate of drug-likeness (QED) is 0.271. The number of nitrogens with one attached hydrogen (secondary N) is 3. The highest BCUT2D eigenvalue weighted by Crippen LogP contribution is 2.34. The van der Waals surface area contributed by atoms with Crippen molar-refractivity contribution in [2.45, 2.75) is 70.3 Å². The van der Waals surface area contributed by atoms with E-state index in [9.17, 15) is 18.4 Å². The Balaban J connectivity index is 0.000000214. The van der Waals surface area contributed by atoms with Crippen LogP contribution in [-0.4, -0.2) is 36.3 Å². The molecule has 1 aromatic rings. The molecule has 0 radical (unpaired) electrons. The Labute approximate surface area is 203 Å². The van der Waals surface area contributed by atoms with Crippen molar-refractivity contribution in [3.05, 3.63) is 41.5 Å². The predicted molar refractivity (Wildman–Crippen MR) is 129 cm³/mol. The first-order valence-corrected chi connectivity index (χ1v) is 11.9. The van der Waals surface area contributed by atoms with Crippen LogP contribution in [0.1, 0.15) is 69.8 Å². The topological polar surface area (TPSA) is 132 Å². The average molecular weight is 490 g/mol. The Morgan fingerprint density at radius 1 is 1.20 bits per heavy atom. The van der Waals surface area contributed by atoms with Crippen LogP contribution in [-0.2, 0) is 14.3 Å². The van der Waals surface area contributed by atoms with Crippen LogP contribution >= 0.6 is 0 Å². The minimum Gasteiger partial charge on any atom is -0.408 e. The third kappa shape index (κ3) is 6.64. The van der Waals surface area contributed by atoms with Crippen molar-refractivity contribution >= 4 is 29.4 Å². The maximum atomic E-state index is 14.3. The van der Waals surface area contributed by atoms with E-state index in [0.717, 1.165) is 31.7 Å². The van der Waals surface area contributed by atoms with E-state index in [-0.39, 0.29) is 30.3 Å². The number of nitrogens with two attached hydrogens (primary N) is 1. The average Bonchev–Trinajstić information content (AvgIpc) is 2.72. The number of carbonyl (C=O) groups excluding carboxylic acids is 2. The van der Waals surface area contributed by atoms with Crippen molar-refractivity contribution in [3.63, 3.8) is 0 Å². The van der Waals surface area contributed by atoms with E-state index in [0.29, 0.717) is 11.3 Å². The number of piperidine rings is 1. The van der Waals surface area contributed by atoms with Gasteiger partial charge in [0, 0.05) is 35.8 Å². The fourth-order valence-electron chi connectivity index (χ4n) is 4.39. The Morgan fingerprint density at radius 2 is 1.86 bits per heavy atom. The Kier molecular flexibility index (Phi) is 8.58. The molecule has 3 aliphatic rings. The monoisotopic (exact) mass is 489 g/mol. The zero-order valence-electron chi connectivity index (χ0n) is 20.0.